The van der Waals surface area contributed by atoms with Crippen LogP contribution < -0.4 is 0 Å². The van der Waals surface area contributed by atoms with Crippen molar-refractivity contribution < 1.29 is 0 Å². The van der Waals surface area contributed by atoms with E-state index in [0.29, 0.717) is 0 Å². The number of aromatic nitrogens is 2. The molecule has 0 N–H and O–H groups in total. The van der Waals surface area contributed by atoms with Gasteiger partial charge in [-0.1, -0.05) is 105 Å². The van der Waals surface area contributed by atoms with E-state index < -0.39 is 0 Å². The van der Waals surface area contributed by atoms with Gasteiger partial charge < -0.3 is 9.13 Å². The van der Waals surface area contributed by atoms with Crippen LogP contribution in [0.2, 0.25) is 0 Å². The molecular weight excluding hydrogens is 719 g/mol. The average Bonchev–Trinajstić information content (AvgIpc) is 3.74. The summed E-state index contributed by atoms with van der Waals surface area (Å²) in [5, 5.41) is 5.11. The molecule has 1 aliphatic rings. The number of para-hydroxylation sites is 3. The third-order valence-electron chi connectivity index (χ3n) is 10.5. The van der Waals surface area contributed by atoms with Crippen molar-refractivity contribution in [2.75, 3.05) is 0 Å². The summed E-state index contributed by atoms with van der Waals surface area (Å²) in [7, 11) is 0. The summed E-state index contributed by atoms with van der Waals surface area (Å²) in [5.41, 5.74) is 15.2. The Hall–Kier alpha value is -5.57. The van der Waals surface area contributed by atoms with E-state index >= 15 is 0 Å². The Bertz CT molecular complexity index is 2790. The van der Waals surface area contributed by atoms with Gasteiger partial charge in [0.2, 0.25) is 0 Å². The lowest BCUT2D eigenvalue weighted by Gasteiger charge is -2.21. The molecule has 0 unspecified atom stereocenters. The molecule has 0 spiro atoms. The molecule has 238 valence electrons. The zero-order chi connectivity index (χ0) is 34.0. The lowest BCUT2D eigenvalue weighted by molar-refractivity contribution is 0.661. The van der Waals surface area contributed by atoms with Gasteiger partial charge in [-0.05, 0) is 104 Å². The average molecular weight is 753 g/mol. The summed E-state index contributed by atoms with van der Waals surface area (Å²) in [6.45, 7) is 4.73. The molecule has 10 rings (SSSR count). The van der Waals surface area contributed by atoms with E-state index in [1.165, 1.54) is 88.4 Å². The summed E-state index contributed by atoms with van der Waals surface area (Å²) in [4.78, 5) is 0. The van der Waals surface area contributed by atoms with Crippen LogP contribution in [0.4, 0.5) is 0 Å². The first-order chi connectivity index (χ1) is 24.5. The zero-order valence-electron chi connectivity index (χ0n) is 27.9. The largest absolute Gasteiger partial charge is 0.309 e. The number of benzene rings is 7. The first-order valence-electron chi connectivity index (χ1n) is 16.9. The zero-order valence-corrected chi connectivity index (χ0v) is 30.0. The lowest BCUT2D eigenvalue weighted by atomic mass is 9.82. The van der Waals surface area contributed by atoms with Gasteiger partial charge in [-0.25, -0.2) is 0 Å². The maximum Gasteiger partial charge on any atom is 0.0544 e. The fourth-order valence-corrected chi connectivity index (χ4v) is 8.26. The standard InChI is InChI=1S/C45H32N2.C2HI/c1-45(2)39-19-11-9-17-33(39)35-27-38-37-26-30(22-24-43(37)47(44(38)28-40(35)45)32-15-7-4-8-16-32)29-21-23-42-36(25-29)34-18-10-12-20-41(34)46(42)31-13-5-3-6-14-31;1-2-3/h3-28H,1-2H3;1H. The number of terminal acetylenes is 1. The smallest absolute Gasteiger partial charge is 0.0544 e. The third kappa shape index (κ3) is 4.56. The molecule has 1 aliphatic carbocycles. The van der Waals surface area contributed by atoms with E-state index in [-0.39, 0.29) is 5.41 Å². The van der Waals surface area contributed by atoms with Gasteiger partial charge in [-0.3, -0.25) is 0 Å². The maximum absolute atomic E-state index is 4.58. The molecule has 2 aromatic heterocycles. The number of fused-ring (bicyclic) bond motifs is 9. The Labute approximate surface area is 305 Å². The summed E-state index contributed by atoms with van der Waals surface area (Å²) >= 11 is 1.82. The number of halogens is 1. The predicted molar refractivity (Wildman–Crippen MR) is 221 cm³/mol. The predicted octanol–water partition coefficient (Wildman–Crippen LogP) is 12.9. The van der Waals surface area contributed by atoms with E-state index in [1.54, 1.807) is 0 Å². The van der Waals surface area contributed by atoms with Crippen LogP contribution in [0.5, 0.6) is 0 Å². The SMILES string of the molecule is C#CI.CC1(C)c2ccccc2-c2cc3c4cc(-c5ccc6c(c5)c5ccccc5n6-c5ccccc5)ccc4n(-c4ccccc4)c3cc21. The topological polar surface area (TPSA) is 9.86 Å². The second-order valence-electron chi connectivity index (χ2n) is 13.5. The molecule has 2 nitrogen and oxygen atoms in total. The molecule has 0 radical (unpaired) electrons. The molecule has 0 atom stereocenters. The van der Waals surface area contributed by atoms with Crippen molar-refractivity contribution in [3.05, 3.63) is 169 Å². The monoisotopic (exact) mass is 752 g/mol. The van der Waals surface area contributed by atoms with Gasteiger partial charge in [0.25, 0.3) is 0 Å². The van der Waals surface area contributed by atoms with Crippen molar-refractivity contribution in [1.82, 2.24) is 9.13 Å². The highest BCUT2D eigenvalue weighted by Crippen LogP contribution is 2.51. The Morgan fingerprint density at radius 2 is 0.940 bits per heavy atom. The number of rotatable bonds is 3. The van der Waals surface area contributed by atoms with Crippen LogP contribution in [0.25, 0.3) is 77.2 Å². The normalized spacial score (nSPS) is 12.8. The molecule has 0 amide bonds. The first kappa shape index (κ1) is 30.5. The van der Waals surface area contributed by atoms with E-state index in [2.05, 4.69) is 191 Å². The van der Waals surface area contributed by atoms with Crippen molar-refractivity contribution in [1.29, 1.82) is 0 Å². The number of hydrogen-bond acceptors (Lipinski definition) is 0. The van der Waals surface area contributed by atoms with Gasteiger partial charge >= 0.3 is 0 Å². The minimum absolute atomic E-state index is 0.0579. The highest BCUT2D eigenvalue weighted by molar-refractivity contribution is 14.1. The third-order valence-corrected chi connectivity index (χ3v) is 10.5. The van der Waals surface area contributed by atoms with Crippen LogP contribution in [0.15, 0.2) is 158 Å². The number of hydrogen-bond donors (Lipinski definition) is 0. The van der Waals surface area contributed by atoms with Crippen LogP contribution in [0, 0.1) is 10.4 Å². The fourth-order valence-electron chi connectivity index (χ4n) is 8.26. The molecule has 7 aromatic carbocycles. The van der Waals surface area contributed by atoms with Crippen LogP contribution in [-0.2, 0) is 5.41 Å². The van der Waals surface area contributed by atoms with E-state index in [4.69, 9.17) is 0 Å². The summed E-state index contributed by atoms with van der Waals surface area (Å²) in [5.74, 6) is 0. The molecular formula is C47H33IN2. The molecule has 0 fully saturated rings. The molecule has 0 saturated carbocycles. The molecule has 50 heavy (non-hydrogen) atoms. The van der Waals surface area contributed by atoms with Crippen molar-refractivity contribution in [3.63, 3.8) is 0 Å². The van der Waals surface area contributed by atoms with Crippen LogP contribution >= 0.6 is 22.6 Å². The van der Waals surface area contributed by atoms with Crippen LogP contribution in [-0.4, -0.2) is 9.13 Å². The lowest BCUT2D eigenvalue weighted by Crippen LogP contribution is -2.14. The second kappa shape index (κ2) is 11.8. The van der Waals surface area contributed by atoms with Gasteiger partial charge in [-0.2, -0.15) is 0 Å². The van der Waals surface area contributed by atoms with Crippen molar-refractivity contribution >= 4 is 66.2 Å². The molecule has 0 bridgehead atoms. The Balaban J connectivity index is 0.00000109. The molecule has 2 heterocycles. The van der Waals surface area contributed by atoms with Crippen molar-refractivity contribution in [2.45, 2.75) is 19.3 Å². The van der Waals surface area contributed by atoms with Crippen molar-refractivity contribution in [3.8, 4) is 44.0 Å². The van der Waals surface area contributed by atoms with E-state index in [1.807, 2.05) is 22.6 Å². The molecule has 9 aromatic rings. The Kier molecular flexibility index (Phi) is 7.19. The highest BCUT2D eigenvalue weighted by atomic mass is 127. The van der Waals surface area contributed by atoms with Gasteiger partial charge in [0.15, 0.2) is 0 Å². The van der Waals surface area contributed by atoms with Crippen molar-refractivity contribution in [2.24, 2.45) is 0 Å². The summed E-state index contributed by atoms with van der Waals surface area (Å²) in [6, 6.07) is 58.1. The maximum atomic E-state index is 4.58. The van der Waals surface area contributed by atoms with Gasteiger partial charge in [0.05, 0.1) is 22.1 Å². The quantitative estimate of drug-likeness (QED) is 0.126. The van der Waals surface area contributed by atoms with E-state index in [0.717, 1.165) is 0 Å². The minimum Gasteiger partial charge on any atom is -0.309 e. The fraction of sp³-hybridized carbons (Fsp3) is 0.0638. The molecule has 0 saturated heterocycles. The second-order valence-corrected chi connectivity index (χ2v) is 14.1. The minimum atomic E-state index is -0.0579. The van der Waals surface area contributed by atoms with Crippen LogP contribution in [0.3, 0.4) is 0 Å². The molecule has 0 aliphatic heterocycles. The van der Waals surface area contributed by atoms with Crippen LogP contribution in [0.1, 0.15) is 25.0 Å². The Morgan fingerprint density at radius 3 is 1.58 bits per heavy atom. The van der Waals surface area contributed by atoms with Gasteiger partial charge in [0.1, 0.15) is 0 Å². The van der Waals surface area contributed by atoms with Gasteiger partial charge in [-0.15, -0.1) is 6.42 Å². The summed E-state index contributed by atoms with van der Waals surface area (Å²) in [6.07, 6.45) is 4.58. The number of nitrogens with zero attached hydrogens (tertiary/aromatic N) is 2. The highest BCUT2D eigenvalue weighted by Gasteiger charge is 2.36. The first-order valence-corrected chi connectivity index (χ1v) is 18.0. The molecule has 3 heteroatoms. The Morgan fingerprint density at radius 1 is 0.460 bits per heavy atom. The van der Waals surface area contributed by atoms with E-state index in [9.17, 15) is 0 Å². The summed E-state index contributed by atoms with van der Waals surface area (Å²) < 4.78 is 7.05. The van der Waals surface area contributed by atoms with Gasteiger partial charge in [0, 0.05) is 60.9 Å².